The standard InChI is InChI=1S/C24H20N2O3S2/c1-2-29-23(28)17-12-14-18(15-13-17)25-22(27)21(16-8-4-3-5-9-16)31-24-26-19-10-6-7-11-20(19)30-24/h3-15,21H,2H2,1H3,(H,25,27)/t21-/m0/s1. The van der Waals surface area contributed by atoms with E-state index in [0.717, 1.165) is 20.1 Å². The zero-order valence-electron chi connectivity index (χ0n) is 16.8. The van der Waals surface area contributed by atoms with E-state index in [1.54, 1.807) is 42.5 Å². The highest BCUT2D eigenvalue weighted by atomic mass is 32.2. The normalized spacial score (nSPS) is 11.8. The third-order valence-electron chi connectivity index (χ3n) is 4.50. The number of hydrogen-bond donors (Lipinski definition) is 1. The van der Waals surface area contributed by atoms with Crippen LogP contribution >= 0.6 is 23.1 Å². The van der Waals surface area contributed by atoms with Crippen molar-refractivity contribution in [1.82, 2.24) is 4.98 Å². The number of hydrogen-bond acceptors (Lipinski definition) is 6. The van der Waals surface area contributed by atoms with Gasteiger partial charge in [0, 0.05) is 5.69 Å². The fourth-order valence-electron chi connectivity index (χ4n) is 3.01. The van der Waals surface area contributed by atoms with Gasteiger partial charge in [-0.05, 0) is 48.9 Å². The van der Waals surface area contributed by atoms with E-state index < -0.39 is 5.25 Å². The summed E-state index contributed by atoms with van der Waals surface area (Å²) in [5, 5.41) is 2.49. The molecular weight excluding hydrogens is 428 g/mol. The molecule has 0 aliphatic heterocycles. The smallest absolute Gasteiger partial charge is 0.338 e. The molecular formula is C24H20N2O3S2. The number of carbonyl (C=O) groups is 2. The maximum atomic E-state index is 13.2. The van der Waals surface area contributed by atoms with Crippen molar-refractivity contribution in [3.05, 3.63) is 90.0 Å². The number of aromatic nitrogens is 1. The first kappa shape index (κ1) is 21.1. The van der Waals surface area contributed by atoms with E-state index in [9.17, 15) is 9.59 Å². The molecule has 0 bridgehead atoms. The van der Waals surface area contributed by atoms with Crippen molar-refractivity contribution in [2.75, 3.05) is 11.9 Å². The second kappa shape index (κ2) is 9.76. The minimum Gasteiger partial charge on any atom is -0.462 e. The van der Waals surface area contributed by atoms with Crippen molar-refractivity contribution < 1.29 is 14.3 Å². The molecule has 4 rings (SSSR count). The van der Waals surface area contributed by atoms with Gasteiger partial charge in [0.05, 0.1) is 22.4 Å². The van der Waals surface area contributed by atoms with Crippen LogP contribution in [0.3, 0.4) is 0 Å². The zero-order valence-corrected chi connectivity index (χ0v) is 18.4. The Morgan fingerprint density at radius 1 is 1.00 bits per heavy atom. The number of thiazole rings is 1. The highest BCUT2D eigenvalue weighted by Crippen LogP contribution is 2.39. The second-order valence-electron chi connectivity index (χ2n) is 6.64. The van der Waals surface area contributed by atoms with E-state index >= 15 is 0 Å². The number of rotatable bonds is 7. The molecule has 0 spiro atoms. The first-order chi connectivity index (χ1) is 15.1. The molecule has 0 saturated heterocycles. The van der Waals surface area contributed by atoms with Crippen LogP contribution in [0, 0.1) is 0 Å². The molecule has 31 heavy (non-hydrogen) atoms. The van der Waals surface area contributed by atoms with Gasteiger partial charge >= 0.3 is 5.97 Å². The number of fused-ring (bicyclic) bond motifs is 1. The van der Waals surface area contributed by atoms with Crippen LogP contribution in [0.1, 0.15) is 28.1 Å². The van der Waals surface area contributed by atoms with Crippen molar-refractivity contribution in [1.29, 1.82) is 0 Å². The monoisotopic (exact) mass is 448 g/mol. The van der Waals surface area contributed by atoms with E-state index in [1.165, 1.54) is 11.8 Å². The Balaban J connectivity index is 1.55. The molecule has 7 heteroatoms. The lowest BCUT2D eigenvalue weighted by Gasteiger charge is -2.16. The molecule has 1 amide bonds. The number of anilines is 1. The quantitative estimate of drug-likeness (QED) is 0.280. The lowest BCUT2D eigenvalue weighted by Crippen LogP contribution is -2.19. The molecule has 0 radical (unpaired) electrons. The van der Waals surface area contributed by atoms with E-state index in [0.29, 0.717) is 17.9 Å². The van der Waals surface area contributed by atoms with Crippen LogP contribution in [0.4, 0.5) is 5.69 Å². The molecule has 1 aromatic heterocycles. The van der Waals surface area contributed by atoms with Crippen LogP contribution in [0.15, 0.2) is 83.2 Å². The van der Waals surface area contributed by atoms with Gasteiger partial charge in [-0.3, -0.25) is 4.79 Å². The lowest BCUT2D eigenvalue weighted by molar-refractivity contribution is -0.115. The molecule has 156 valence electrons. The fourth-order valence-corrected chi connectivity index (χ4v) is 5.27. The molecule has 5 nitrogen and oxygen atoms in total. The predicted molar refractivity (Wildman–Crippen MR) is 126 cm³/mol. The minimum atomic E-state index is -0.466. The van der Waals surface area contributed by atoms with Crippen LogP contribution in [0.25, 0.3) is 10.2 Å². The van der Waals surface area contributed by atoms with Crippen molar-refractivity contribution in [2.24, 2.45) is 0 Å². The summed E-state index contributed by atoms with van der Waals surface area (Å²) in [6.07, 6.45) is 0. The van der Waals surface area contributed by atoms with Crippen LogP contribution in [-0.2, 0) is 9.53 Å². The Labute approximate surface area is 188 Å². The topological polar surface area (TPSA) is 68.3 Å². The minimum absolute atomic E-state index is 0.153. The Bertz CT molecular complexity index is 1160. The van der Waals surface area contributed by atoms with Gasteiger partial charge in [-0.2, -0.15) is 0 Å². The molecule has 0 aliphatic rings. The first-order valence-corrected chi connectivity index (χ1v) is 11.5. The molecule has 0 saturated carbocycles. The van der Waals surface area contributed by atoms with Crippen molar-refractivity contribution >= 4 is 50.9 Å². The van der Waals surface area contributed by atoms with Gasteiger partial charge in [0.2, 0.25) is 5.91 Å². The molecule has 1 heterocycles. The summed E-state index contributed by atoms with van der Waals surface area (Å²) >= 11 is 3.01. The summed E-state index contributed by atoms with van der Waals surface area (Å²) in [7, 11) is 0. The Morgan fingerprint density at radius 3 is 2.42 bits per heavy atom. The van der Waals surface area contributed by atoms with Gasteiger partial charge in [0.1, 0.15) is 5.25 Å². The van der Waals surface area contributed by atoms with Crippen molar-refractivity contribution in [2.45, 2.75) is 16.5 Å². The molecule has 1 N–H and O–H groups in total. The van der Waals surface area contributed by atoms with Crippen molar-refractivity contribution in [3.8, 4) is 0 Å². The third kappa shape index (κ3) is 5.13. The highest BCUT2D eigenvalue weighted by Gasteiger charge is 2.24. The number of thioether (sulfide) groups is 1. The van der Waals surface area contributed by atoms with Crippen LogP contribution < -0.4 is 5.32 Å². The van der Waals surface area contributed by atoms with Crippen molar-refractivity contribution in [3.63, 3.8) is 0 Å². The number of amides is 1. The van der Waals surface area contributed by atoms with Gasteiger partial charge in [-0.25, -0.2) is 9.78 Å². The summed E-state index contributed by atoms with van der Waals surface area (Å²) in [5.41, 5.74) is 2.89. The van der Waals surface area contributed by atoms with Gasteiger partial charge in [-0.15, -0.1) is 11.3 Å². The SMILES string of the molecule is CCOC(=O)c1ccc(NC(=O)[C@@H](Sc2nc3ccccc3s2)c2ccccc2)cc1. The number of para-hydroxylation sites is 1. The number of carbonyl (C=O) groups excluding carboxylic acids is 2. The zero-order chi connectivity index (χ0) is 21.6. The average molecular weight is 449 g/mol. The van der Waals surface area contributed by atoms with E-state index in [1.807, 2.05) is 54.6 Å². The van der Waals surface area contributed by atoms with Crippen LogP contribution in [0.5, 0.6) is 0 Å². The number of nitrogens with one attached hydrogen (secondary N) is 1. The molecule has 0 aliphatic carbocycles. The summed E-state index contributed by atoms with van der Waals surface area (Å²) in [4.78, 5) is 29.7. The molecule has 3 aromatic carbocycles. The third-order valence-corrected chi connectivity index (χ3v) is 6.88. The Hall–Kier alpha value is -3.16. The largest absolute Gasteiger partial charge is 0.462 e. The predicted octanol–water partition coefficient (Wildman–Crippen LogP) is 5.95. The van der Waals surface area contributed by atoms with Crippen LogP contribution in [-0.4, -0.2) is 23.5 Å². The number of benzene rings is 3. The van der Waals surface area contributed by atoms with E-state index in [4.69, 9.17) is 4.74 Å². The number of nitrogens with zero attached hydrogens (tertiary/aromatic N) is 1. The van der Waals surface area contributed by atoms with Crippen LogP contribution in [0.2, 0.25) is 0 Å². The molecule has 0 unspecified atom stereocenters. The highest BCUT2D eigenvalue weighted by molar-refractivity contribution is 8.02. The first-order valence-electron chi connectivity index (χ1n) is 9.79. The summed E-state index contributed by atoms with van der Waals surface area (Å²) in [5.74, 6) is -0.534. The lowest BCUT2D eigenvalue weighted by atomic mass is 10.1. The summed E-state index contributed by atoms with van der Waals surface area (Å²) < 4.78 is 6.93. The maximum absolute atomic E-state index is 13.2. The Morgan fingerprint density at radius 2 is 1.71 bits per heavy atom. The summed E-state index contributed by atoms with van der Waals surface area (Å²) in [6.45, 7) is 2.08. The fraction of sp³-hybridized carbons (Fsp3) is 0.125. The van der Waals surface area contributed by atoms with Gasteiger partial charge < -0.3 is 10.1 Å². The molecule has 4 aromatic rings. The number of ether oxygens (including phenoxy) is 1. The van der Waals surface area contributed by atoms with Gasteiger partial charge in [-0.1, -0.05) is 54.2 Å². The van der Waals surface area contributed by atoms with Gasteiger partial charge in [0.15, 0.2) is 4.34 Å². The molecule has 0 fully saturated rings. The van der Waals surface area contributed by atoms with E-state index in [2.05, 4.69) is 10.3 Å². The van der Waals surface area contributed by atoms with E-state index in [-0.39, 0.29) is 11.9 Å². The maximum Gasteiger partial charge on any atom is 0.338 e. The Kier molecular flexibility index (Phi) is 6.64. The van der Waals surface area contributed by atoms with Gasteiger partial charge in [0.25, 0.3) is 0 Å². The average Bonchev–Trinajstić information content (AvgIpc) is 3.21. The summed E-state index contributed by atoms with van der Waals surface area (Å²) in [6, 6.07) is 24.3. The number of esters is 1. The molecule has 1 atom stereocenters. The second-order valence-corrected chi connectivity index (χ2v) is 9.03.